The first-order valence-electron chi connectivity index (χ1n) is 13.4. The summed E-state index contributed by atoms with van der Waals surface area (Å²) in [6.45, 7) is 11.6. The highest BCUT2D eigenvalue weighted by Crippen LogP contribution is 2.35. The Bertz CT molecular complexity index is 1330. The van der Waals surface area contributed by atoms with Crippen molar-refractivity contribution in [2.75, 3.05) is 19.6 Å². The van der Waals surface area contributed by atoms with Gasteiger partial charge in [-0.2, -0.15) is 0 Å². The van der Waals surface area contributed by atoms with Crippen LogP contribution in [0.3, 0.4) is 0 Å². The van der Waals surface area contributed by atoms with E-state index in [9.17, 15) is 14.7 Å². The summed E-state index contributed by atoms with van der Waals surface area (Å²) in [6, 6.07) is 6.38. The molecule has 39 heavy (non-hydrogen) atoms. The van der Waals surface area contributed by atoms with E-state index in [1.165, 1.54) is 4.90 Å². The maximum absolute atomic E-state index is 14.0. The average molecular weight is 552 g/mol. The van der Waals surface area contributed by atoms with Gasteiger partial charge < -0.3 is 20.6 Å². The van der Waals surface area contributed by atoms with Crippen molar-refractivity contribution in [3.63, 3.8) is 0 Å². The van der Waals surface area contributed by atoms with Gasteiger partial charge in [0.15, 0.2) is 0 Å². The summed E-state index contributed by atoms with van der Waals surface area (Å²) in [6.07, 6.45) is 1.27. The molecule has 1 aromatic carbocycles. The van der Waals surface area contributed by atoms with Crippen molar-refractivity contribution in [2.45, 2.75) is 71.2 Å². The first-order valence-corrected chi connectivity index (χ1v) is 14.3. The number of aliphatic hydroxyl groups excluding tert-OH is 1. The second kappa shape index (κ2) is 10.8. The minimum Gasteiger partial charge on any atom is -0.391 e. The molecule has 4 heterocycles. The number of amides is 2. The number of hydrogen-bond acceptors (Lipinski definition) is 8. The molecule has 0 radical (unpaired) electrons. The van der Waals surface area contributed by atoms with Crippen molar-refractivity contribution in [3.8, 4) is 10.4 Å². The van der Waals surface area contributed by atoms with Gasteiger partial charge in [0.1, 0.15) is 12.1 Å². The predicted octanol–water partition coefficient (Wildman–Crippen LogP) is 2.82. The van der Waals surface area contributed by atoms with Gasteiger partial charge in [0.2, 0.25) is 11.8 Å². The van der Waals surface area contributed by atoms with Crippen LogP contribution in [0.1, 0.15) is 69.1 Å². The molecule has 2 aliphatic heterocycles. The number of hydrogen-bond donors (Lipinski definition) is 3. The molecule has 0 saturated carbocycles. The van der Waals surface area contributed by atoms with Crippen molar-refractivity contribution in [1.29, 1.82) is 0 Å². The number of β-amino-alcohol motifs (C(OH)–C–C–N with tert-alkyl or cyclic N) is 1. The molecule has 208 valence electrons. The van der Waals surface area contributed by atoms with E-state index in [-0.39, 0.29) is 30.8 Å². The third-order valence-corrected chi connectivity index (χ3v) is 8.67. The SMILES string of the molecule is Cc1ncsc1-c1ccc([C@H](C)NC(=O)[C@@H]2C[C@@H](O)CN2C(=O)[C@@H](n2cc(C3CNC3)nn2)C(C)(C)C)cc1. The average Bonchev–Trinajstić information content (AvgIpc) is 3.57. The number of likely N-dealkylation sites (tertiary alicyclic amines) is 1. The van der Waals surface area contributed by atoms with Gasteiger partial charge in [-0.15, -0.1) is 16.4 Å². The van der Waals surface area contributed by atoms with Crippen LogP contribution in [0, 0.1) is 12.3 Å². The largest absolute Gasteiger partial charge is 0.391 e. The Hall–Kier alpha value is -3.15. The summed E-state index contributed by atoms with van der Waals surface area (Å²) in [5.41, 5.74) is 5.25. The number of nitrogens with one attached hydrogen (secondary N) is 2. The van der Waals surface area contributed by atoms with Gasteiger partial charge in [0.25, 0.3) is 0 Å². The number of carbonyl (C=O) groups excluding carboxylic acids is 2. The lowest BCUT2D eigenvalue weighted by atomic mass is 9.85. The topological polar surface area (TPSA) is 125 Å². The quantitative estimate of drug-likeness (QED) is 0.412. The summed E-state index contributed by atoms with van der Waals surface area (Å²) >= 11 is 1.60. The highest BCUT2D eigenvalue weighted by Gasteiger charge is 2.45. The summed E-state index contributed by atoms with van der Waals surface area (Å²) < 4.78 is 1.63. The second-order valence-electron chi connectivity index (χ2n) is 11.8. The van der Waals surface area contributed by atoms with E-state index < -0.39 is 23.6 Å². The number of carbonyl (C=O) groups is 2. The minimum atomic E-state index is -0.769. The lowest BCUT2D eigenvalue weighted by Crippen LogP contribution is -2.50. The Morgan fingerprint density at radius 1 is 1.21 bits per heavy atom. The number of aromatic nitrogens is 4. The standard InChI is InChI=1S/C28H37N7O3S/c1-16(18-6-8-19(9-7-18)24-17(2)30-15-39-24)31-26(37)23-10-21(36)13-34(23)27(38)25(28(3,4)5)35-14-22(32-33-35)20-11-29-12-20/h6-9,14-16,20-21,23,25,29,36H,10-13H2,1-5H3,(H,31,37)/t16-,21+,23-,25+/m0/s1. The van der Waals surface area contributed by atoms with Crippen molar-refractivity contribution in [3.05, 3.63) is 52.9 Å². The van der Waals surface area contributed by atoms with Gasteiger partial charge in [0, 0.05) is 38.2 Å². The lowest BCUT2D eigenvalue weighted by Gasteiger charge is -2.35. The van der Waals surface area contributed by atoms with Crippen LogP contribution in [-0.4, -0.2) is 73.6 Å². The highest BCUT2D eigenvalue weighted by molar-refractivity contribution is 7.13. The number of aryl methyl sites for hydroxylation is 1. The normalized spacial score (nSPS) is 21.4. The van der Waals surface area contributed by atoms with Crippen LogP contribution in [0.2, 0.25) is 0 Å². The van der Waals surface area contributed by atoms with Crippen LogP contribution in [0.5, 0.6) is 0 Å². The Morgan fingerprint density at radius 2 is 1.92 bits per heavy atom. The van der Waals surface area contributed by atoms with Crippen LogP contribution < -0.4 is 10.6 Å². The van der Waals surface area contributed by atoms with E-state index in [4.69, 9.17) is 0 Å². The molecule has 11 heteroatoms. The molecular weight excluding hydrogens is 514 g/mol. The molecule has 2 amide bonds. The lowest BCUT2D eigenvalue weighted by molar-refractivity contribution is -0.144. The molecule has 0 aliphatic carbocycles. The summed E-state index contributed by atoms with van der Waals surface area (Å²) in [5.74, 6) is -0.218. The van der Waals surface area contributed by atoms with Gasteiger partial charge in [0.05, 0.1) is 33.9 Å². The zero-order chi connectivity index (χ0) is 27.9. The molecule has 2 aromatic heterocycles. The van der Waals surface area contributed by atoms with Crippen LogP contribution in [0.25, 0.3) is 10.4 Å². The summed E-state index contributed by atoms with van der Waals surface area (Å²) in [7, 11) is 0. The van der Waals surface area contributed by atoms with E-state index in [1.54, 1.807) is 16.0 Å². The van der Waals surface area contributed by atoms with Crippen molar-refractivity contribution < 1.29 is 14.7 Å². The fourth-order valence-electron chi connectivity index (χ4n) is 5.34. The van der Waals surface area contributed by atoms with E-state index in [2.05, 4.69) is 25.9 Å². The highest BCUT2D eigenvalue weighted by atomic mass is 32.1. The Balaban J connectivity index is 1.31. The first-order chi connectivity index (χ1) is 18.5. The van der Waals surface area contributed by atoms with Gasteiger partial charge in [-0.1, -0.05) is 50.3 Å². The molecule has 3 aromatic rings. The third kappa shape index (κ3) is 5.61. The molecule has 0 unspecified atom stereocenters. The number of nitrogens with zero attached hydrogens (tertiary/aromatic N) is 5. The molecule has 3 N–H and O–H groups in total. The zero-order valence-corrected chi connectivity index (χ0v) is 23.9. The Labute approximate surface area is 232 Å². The first kappa shape index (κ1) is 27.4. The monoisotopic (exact) mass is 551 g/mol. The maximum atomic E-state index is 14.0. The van der Waals surface area contributed by atoms with Gasteiger partial charge in [-0.25, -0.2) is 9.67 Å². The third-order valence-electron chi connectivity index (χ3n) is 7.69. The maximum Gasteiger partial charge on any atom is 0.248 e. The summed E-state index contributed by atoms with van der Waals surface area (Å²) in [5, 5.41) is 25.4. The Morgan fingerprint density at radius 3 is 2.51 bits per heavy atom. The van der Waals surface area contributed by atoms with Crippen LogP contribution in [-0.2, 0) is 9.59 Å². The zero-order valence-electron chi connectivity index (χ0n) is 23.1. The van der Waals surface area contributed by atoms with Crippen LogP contribution in [0.15, 0.2) is 36.0 Å². The van der Waals surface area contributed by atoms with Crippen LogP contribution >= 0.6 is 11.3 Å². The van der Waals surface area contributed by atoms with Gasteiger partial charge in [-0.3, -0.25) is 9.59 Å². The van der Waals surface area contributed by atoms with Crippen LogP contribution in [0.4, 0.5) is 0 Å². The summed E-state index contributed by atoms with van der Waals surface area (Å²) in [4.78, 5) is 34.4. The molecule has 2 aliphatic rings. The van der Waals surface area contributed by atoms with Gasteiger partial charge >= 0.3 is 0 Å². The molecule has 0 bridgehead atoms. The molecule has 2 fully saturated rings. The molecule has 5 rings (SSSR count). The fraction of sp³-hybridized carbons (Fsp3) is 0.536. The van der Waals surface area contributed by atoms with Crippen molar-refractivity contribution >= 4 is 23.2 Å². The number of thiazole rings is 1. The Kier molecular flexibility index (Phi) is 7.58. The van der Waals surface area contributed by atoms with Gasteiger partial charge in [-0.05, 0) is 30.4 Å². The van der Waals surface area contributed by atoms with Crippen molar-refractivity contribution in [1.82, 2.24) is 35.5 Å². The van der Waals surface area contributed by atoms with E-state index in [1.807, 2.05) is 70.6 Å². The second-order valence-corrected chi connectivity index (χ2v) is 12.6. The predicted molar refractivity (Wildman–Crippen MR) is 149 cm³/mol. The minimum absolute atomic E-state index is 0.106. The number of benzene rings is 1. The fourth-order valence-corrected chi connectivity index (χ4v) is 6.15. The molecule has 0 spiro atoms. The molecular formula is C28H37N7O3S. The number of aliphatic hydroxyl groups is 1. The van der Waals surface area contributed by atoms with Crippen molar-refractivity contribution in [2.24, 2.45) is 5.41 Å². The van der Waals surface area contributed by atoms with E-state index in [0.717, 1.165) is 40.5 Å². The molecule has 4 atom stereocenters. The van der Waals surface area contributed by atoms with E-state index in [0.29, 0.717) is 5.92 Å². The smallest absolute Gasteiger partial charge is 0.248 e. The van der Waals surface area contributed by atoms with E-state index >= 15 is 0 Å². The number of rotatable bonds is 7. The molecule has 2 saturated heterocycles. The molecule has 10 nitrogen and oxygen atoms in total.